The third-order valence-corrected chi connectivity index (χ3v) is 12.2. The Morgan fingerprint density at radius 2 is 1.76 bits per heavy atom. The van der Waals surface area contributed by atoms with Crippen LogP contribution in [0.5, 0.6) is 0 Å². The molecule has 0 saturated carbocycles. The first-order valence-electron chi connectivity index (χ1n) is 12.5. The maximum Gasteiger partial charge on any atom is 0.192 e. The second kappa shape index (κ2) is 11.3. The van der Waals surface area contributed by atoms with E-state index in [1.807, 2.05) is 0 Å². The molecule has 2 fully saturated rings. The monoisotopic (exact) mass is 419 g/mol. The van der Waals surface area contributed by atoms with Crippen LogP contribution < -0.4 is 0 Å². The number of allylic oxidation sites excluding steroid dienone is 3. The summed E-state index contributed by atoms with van der Waals surface area (Å²) in [6.45, 7) is 16.6. The van der Waals surface area contributed by atoms with Crippen molar-refractivity contribution >= 4 is 8.32 Å². The lowest BCUT2D eigenvalue weighted by Gasteiger charge is -2.53. The van der Waals surface area contributed by atoms with Gasteiger partial charge in [-0.05, 0) is 63.6 Å². The first-order chi connectivity index (χ1) is 13.7. The molecule has 2 rings (SSSR count). The number of hydrogen-bond acceptors (Lipinski definition) is 2. The fourth-order valence-corrected chi connectivity index (χ4v) is 6.24. The second-order valence-corrected chi connectivity index (χ2v) is 15.8. The van der Waals surface area contributed by atoms with Crippen LogP contribution in [-0.4, -0.2) is 37.4 Å². The van der Waals surface area contributed by atoms with Gasteiger partial charge in [-0.2, -0.15) is 0 Å². The molecule has 2 aliphatic heterocycles. The maximum atomic E-state index is 6.90. The summed E-state index contributed by atoms with van der Waals surface area (Å²) < 4.78 is 6.90. The molecule has 2 nitrogen and oxygen atoms in total. The lowest BCUT2D eigenvalue weighted by Crippen LogP contribution is -2.60. The van der Waals surface area contributed by atoms with Crippen LogP contribution in [0.15, 0.2) is 24.3 Å². The lowest BCUT2D eigenvalue weighted by atomic mass is 9.84. The molecule has 2 aliphatic rings. The van der Waals surface area contributed by atoms with Gasteiger partial charge in [0.25, 0.3) is 0 Å². The zero-order chi connectivity index (χ0) is 21.5. The van der Waals surface area contributed by atoms with Crippen molar-refractivity contribution in [2.24, 2.45) is 0 Å². The highest BCUT2D eigenvalue weighted by Crippen LogP contribution is 2.41. The van der Waals surface area contributed by atoms with Crippen LogP contribution >= 0.6 is 0 Å². The Labute approximate surface area is 183 Å². The zero-order valence-electron chi connectivity index (χ0n) is 20.5. The highest BCUT2D eigenvalue weighted by Gasteiger charge is 2.45. The first kappa shape index (κ1) is 24.9. The number of rotatable bonds is 9. The Balaban J connectivity index is 1.96. The fourth-order valence-electron chi connectivity index (χ4n) is 4.81. The summed E-state index contributed by atoms with van der Waals surface area (Å²) in [6.07, 6.45) is 23.0. The van der Waals surface area contributed by atoms with Crippen molar-refractivity contribution in [3.63, 3.8) is 0 Å². The van der Waals surface area contributed by atoms with Crippen LogP contribution in [0.3, 0.4) is 0 Å². The molecule has 0 aliphatic carbocycles. The van der Waals surface area contributed by atoms with E-state index in [0.717, 1.165) is 6.04 Å². The molecular formula is C26H49NOSi. The summed E-state index contributed by atoms with van der Waals surface area (Å²) in [7, 11) is -1.72. The molecule has 168 valence electrons. The van der Waals surface area contributed by atoms with Gasteiger partial charge in [-0.1, -0.05) is 77.7 Å². The van der Waals surface area contributed by atoms with E-state index in [1.54, 1.807) is 0 Å². The van der Waals surface area contributed by atoms with E-state index >= 15 is 0 Å². The van der Waals surface area contributed by atoms with Gasteiger partial charge in [0.1, 0.15) is 0 Å². The molecule has 3 heteroatoms. The molecule has 0 bridgehead atoms. The minimum absolute atomic E-state index is 0.284. The Morgan fingerprint density at radius 1 is 1.00 bits per heavy atom. The molecule has 0 spiro atoms. The summed E-state index contributed by atoms with van der Waals surface area (Å²) in [6, 6.07) is 1.86. The standard InChI is InChI=1S/C26H49NOSi/c1-8-9-10-11-12-13-14-15-17-23-18-16-19-24-20-21-25(22(2)27(23)24)28-29(6,7)26(3,4)5/h13-15,17,22-25H,8-12,16,18-21H2,1-7H3/b14-13+,17-15+/t22-,23+,24-,25+/m0/s1. The molecule has 0 N–H and O–H groups in total. The molecule has 2 heterocycles. The molecule has 0 aromatic rings. The van der Waals surface area contributed by atoms with E-state index in [9.17, 15) is 0 Å². The SMILES string of the molecule is CCCCCC/C=C/C=C/[C@@H]1CCC[C@H]2CC[C@@H](O[Si](C)(C)C(C)(C)C)[C@H](C)N21. The predicted molar refractivity (Wildman–Crippen MR) is 131 cm³/mol. The van der Waals surface area contributed by atoms with Crippen LogP contribution in [0.25, 0.3) is 0 Å². The number of nitrogens with zero attached hydrogens (tertiary/aromatic N) is 1. The number of piperidine rings is 2. The van der Waals surface area contributed by atoms with Gasteiger partial charge >= 0.3 is 0 Å². The van der Waals surface area contributed by atoms with Gasteiger partial charge in [0.2, 0.25) is 0 Å². The van der Waals surface area contributed by atoms with Crippen molar-refractivity contribution in [3.05, 3.63) is 24.3 Å². The number of hydrogen-bond donors (Lipinski definition) is 0. The van der Waals surface area contributed by atoms with Crippen LogP contribution in [0.4, 0.5) is 0 Å². The molecule has 0 aromatic heterocycles. The van der Waals surface area contributed by atoms with E-state index in [0.29, 0.717) is 18.2 Å². The third kappa shape index (κ3) is 7.07. The van der Waals surface area contributed by atoms with Crippen molar-refractivity contribution in [1.82, 2.24) is 4.90 Å². The number of unbranched alkanes of at least 4 members (excludes halogenated alkanes) is 4. The van der Waals surface area contributed by atoms with Gasteiger partial charge in [-0.3, -0.25) is 4.90 Å². The first-order valence-corrected chi connectivity index (χ1v) is 15.4. The third-order valence-electron chi connectivity index (χ3n) is 7.69. The highest BCUT2D eigenvalue weighted by atomic mass is 28.4. The van der Waals surface area contributed by atoms with E-state index in [1.165, 1.54) is 64.2 Å². The summed E-state index contributed by atoms with van der Waals surface area (Å²) >= 11 is 0. The minimum Gasteiger partial charge on any atom is -0.412 e. The van der Waals surface area contributed by atoms with Gasteiger partial charge in [0, 0.05) is 18.1 Å². The minimum atomic E-state index is -1.72. The molecule has 2 saturated heterocycles. The lowest BCUT2D eigenvalue weighted by molar-refractivity contribution is -0.0405. The van der Waals surface area contributed by atoms with Crippen LogP contribution in [0, 0.1) is 0 Å². The van der Waals surface area contributed by atoms with Gasteiger partial charge in [0.05, 0.1) is 6.10 Å². The Kier molecular flexibility index (Phi) is 9.69. The molecule has 4 atom stereocenters. The van der Waals surface area contributed by atoms with Crippen molar-refractivity contribution in [2.75, 3.05) is 0 Å². The molecule has 29 heavy (non-hydrogen) atoms. The maximum absolute atomic E-state index is 6.90. The van der Waals surface area contributed by atoms with Crippen LogP contribution in [-0.2, 0) is 4.43 Å². The summed E-state index contributed by atoms with van der Waals surface area (Å²) in [5.74, 6) is 0. The van der Waals surface area contributed by atoms with Gasteiger partial charge in [-0.15, -0.1) is 0 Å². The van der Waals surface area contributed by atoms with Gasteiger partial charge in [0.15, 0.2) is 8.32 Å². The molecular weight excluding hydrogens is 370 g/mol. The smallest absolute Gasteiger partial charge is 0.192 e. The van der Waals surface area contributed by atoms with Crippen molar-refractivity contribution in [2.45, 2.75) is 141 Å². The average Bonchev–Trinajstić information content (AvgIpc) is 2.65. The largest absolute Gasteiger partial charge is 0.412 e. The van der Waals surface area contributed by atoms with E-state index in [4.69, 9.17) is 4.43 Å². The Bertz CT molecular complexity index is 533. The van der Waals surface area contributed by atoms with Crippen molar-refractivity contribution < 1.29 is 4.43 Å². The normalized spacial score (nSPS) is 29.6. The second-order valence-electron chi connectivity index (χ2n) is 11.0. The summed E-state index contributed by atoms with van der Waals surface area (Å²) in [4.78, 5) is 2.82. The molecule has 0 amide bonds. The summed E-state index contributed by atoms with van der Waals surface area (Å²) in [5, 5.41) is 0.284. The summed E-state index contributed by atoms with van der Waals surface area (Å²) in [5.41, 5.74) is 0. The zero-order valence-corrected chi connectivity index (χ0v) is 21.5. The molecule has 0 radical (unpaired) electrons. The quantitative estimate of drug-likeness (QED) is 0.214. The van der Waals surface area contributed by atoms with Crippen LogP contribution in [0.1, 0.15) is 98.8 Å². The van der Waals surface area contributed by atoms with Gasteiger partial charge < -0.3 is 4.43 Å². The fraction of sp³-hybridized carbons (Fsp3) is 0.846. The Morgan fingerprint density at radius 3 is 2.45 bits per heavy atom. The molecule has 0 aromatic carbocycles. The Hall–Kier alpha value is -0.383. The van der Waals surface area contributed by atoms with Crippen molar-refractivity contribution in [3.8, 4) is 0 Å². The molecule has 0 unspecified atom stereocenters. The topological polar surface area (TPSA) is 12.5 Å². The van der Waals surface area contributed by atoms with Crippen molar-refractivity contribution in [1.29, 1.82) is 0 Å². The van der Waals surface area contributed by atoms with E-state index in [-0.39, 0.29) is 5.04 Å². The van der Waals surface area contributed by atoms with E-state index in [2.05, 4.69) is 76.9 Å². The average molecular weight is 420 g/mol. The number of fused-ring (bicyclic) bond motifs is 1. The van der Waals surface area contributed by atoms with E-state index < -0.39 is 8.32 Å². The van der Waals surface area contributed by atoms with Crippen LogP contribution in [0.2, 0.25) is 18.1 Å². The highest BCUT2D eigenvalue weighted by molar-refractivity contribution is 6.74. The van der Waals surface area contributed by atoms with Gasteiger partial charge in [-0.25, -0.2) is 0 Å². The predicted octanol–water partition coefficient (Wildman–Crippen LogP) is 7.87.